The van der Waals surface area contributed by atoms with Crippen LogP contribution in [0.2, 0.25) is 0 Å². The Bertz CT molecular complexity index is 1730. The molecule has 0 saturated heterocycles. The number of fused-ring (bicyclic) bond motifs is 1. The van der Waals surface area contributed by atoms with Gasteiger partial charge in [0.05, 0.1) is 18.4 Å². The molecule has 0 aliphatic rings. The molecule has 0 fully saturated rings. The van der Waals surface area contributed by atoms with Crippen LogP contribution in [-0.2, 0) is 20.5 Å². The number of H-pyrrole nitrogens is 1. The molecule has 49 heavy (non-hydrogen) atoms. The third-order valence-corrected chi connectivity index (χ3v) is 9.93. The summed E-state index contributed by atoms with van der Waals surface area (Å²) < 4.78 is 25.9. The minimum atomic E-state index is -1.76. The van der Waals surface area contributed by atoms with E-state index >= 15 is 0 Å². The summed E-state index contributed by atoms with van der Waals surface area (Å²) in [7, 11) is -0.415. The molecule has 2 aromatic carbocycles. The number of amides is 1. The highest BCUT2D eigenvalue weighted by atomic mass is 31.1. The summed E-state index contributed by atoms with van der Waals surface area (Å²) in [6.45, 7) is 8.85. The Hall–Kier alpha value is -4.34. The molecule has 0 radical (unpaired) electrons. The molecule has 0 aliphatic heterocycles. The number of methoxy groups -OCH3 is 1. The number of allylic oxidation sites excluding steroid dienone is 2. The zero-order chi connectivity index (χ0) is 35.2. The Morgan fingerprint density at radius 2 is 1.82 bits per heavy atom. The van der Waals surface area contributed by atoms with Gasteiger partial charge >= 0.3 is 13.9 Å². The van der Waals surface area contributed by atoms with Crippen molar-refractivity contribution in [2.24, 2.45) is 5.92 Å². The maximum atomic E-state index is 13.4. The van der Waals surface area contributed by atoms with Gasteiger partial charge in [0.25, 0.3) is 0 Å². The first kappa shape index (κ1) is 37.5. The molecular weight excluding hydrogens is 639 g/mol. The van der Waals surface area contributed by atoms with Crippen molar-refractivity contribution in [1.82, 2.24) is 24.9 Å². The summed E-state index contributed by atoms with van der Waals surface area (Å²) in [6.07, 6.45) is 11.6. The van der Waals surface area contributed by atoms with Crippen LogP contribution in [0, 0.1) is 5.92 Å². The number of anilines is 1. The zero-order valence-corrected chi connectivity index (χ0v) is 30.3. The Labute approximate surface area is 290 Å². The van der Waals surface area contributed by atoms with Gasteiger partial charge in [0.1, 0.15) is 5.75 Å². The van der Waals surface area contributed by atoms with E-state index < -0.39 is 13.9 Å². The van der Waals surface area contributed by atoms with Crippen molar-refractivity contribution in [3.63, 3.8) is 0 Å². The van der Waals surface area contributed by atoms with Gasteiger partial charge in [-0.1, -0.05) is 65.5 Å². The largest absolute Gasteiger partial charge is 0.467 e. The quantitative estimate of drug-likeness (QED) is 0.0474. The molecule has 0 aliphatic carbocycles. The van der Waals surface area contributed by atoms with Crippen LogP contribution in [0.15, 0.2) is 59.9 Å². The van der Waals surface area contributed by atoms with Gasteiger partial charge in [-0.15, -0.1) is 14.8 Å². The molecule has 3 N–H and O–H groups in total. The molecule has 4 rings (SSSR count). The summed E-state index contributed by atoms with van der Waals surface area (Å²) in [6, 6.07) is 14.0. The van der Waals surface area contributed by atoms with Crippen LogP contribution in [0.25, 0.3) is 17.0 Å². The van der Waals surface area contributed by atoms with E-state index in [1.54, 1.807) is 28.9 Å². The lowest BCUT2D eigenvalue weighted by Crippen LogP contribution is -2.18. The van der Waals surface area contributed by atoms with Crippen LogP contribution < -0.4 is 15.1 Å². The lowest BCUT2D eigenvalue weighted by Gasteiger charge is -2.11. The molecule has 2 aromatic heterocycles. The molecule has 2 unspecified atom stereocenters. The predicted molar refractivity (Wildman–Crippen MR) is 194 cm³/mol. The highest BCUT2D eigenvalue weighted by Gasteiger charge is 2.30. The third kappa shape index (κ3) is 10.3. The number of ether oxygens (including phenoxy) is 2. The molecule has 2 atom stereocenters. The smallest absolute Gasteiger partial charge is 0.465 e. The van der Waals surface area contributed by atoms with Crippen LogP contribution in [0.5, 0.6) is 11.5 Å². The summed E-state index contributed by atoms with van der Waals surface area (Å²) in [5, 5.41) is 15.0. The number of aromatic amines is 1. The summed E-state index contributed by atoms with van der Waals surface area (Å²) in [5.41, 5.74) is 3.09. The summed E-state index contributed by atoms with van der Waals surface area (Å²) in [4.78, 5) is 29.5. The fourth-order valence-electron chi connectivity index (χ4n) is 5.61. The normalized spacial score (nSPS) is 12.6. The fraction of sp³-hybridized carbons (Fsp3) is 0.459. The number of nitrogens with one attached hydrogen (secondary N) is 3. The lowest BCUT2D eigenvalue weighted by atomic mass is 9.98. The summed E-state index contributed by atoms with van der Waals surface area (Å²) in [5.74, 6) is 1.24. The maximum absolute atomic E-state index is 13.4. The predicted octanol–water partition coefficient (Wildman–Crippen LogP) is 9.21. The summed E-state index contributed by atoms with van der Waals surface area (Å²) >= 11 is 0. The molecule has 4 aromatic rings. The van der Waals surface area contributed by atoms with Crippen molar-refractivity contribution in [3.8, 4) is 22.9 Å². The zero-order valence-electron chi connectivity index (χ0n) is 29.4. The molecular formula is C37H50N6O5P+. The third-order valence-electron chi connectivity index (χ3n) is 8.40. The Balaban J connectivity index is 1.39. The topological polar surface area (TPSA) is 140 Å². The van der Waals surface area contributed by atoms with Crippen molar-refractivity contribution >= 4 is 31.2 Å². The second kappa shape index (κ2) is 19.0. The molecule has 0 spiro atoms. The van der Waals surface area contributed by atoms with Crippen molar-refractivity contribution in [2.75, 3.05) is 19.0 Å². The van der Waals surface area contributed by atoms with Gasteiger partial charge in [-0.05, 0) is 79.1 Å². The Morgan fingerprint density at radius 1 is 1.04 bits per heavy atom. The van der Waals surface area contributed by atoms with Gasteiger partial charge in [-0.25, -0.2) is 9.78 Å². The van der Waals surface area contributed by atoms with E-state index in [4.69, 9.17) is 14.5 Å². The number of aromatic nitrogens is 4. The van der Waals surface area contributed by atoms with Crippen LogP contribution in [0.1, 0.15) is 102 Å². The molecule has 0 bridgehead atoms. The molecule has 1 amide bonds. The van der Waals surface area contributed by atoms with E-state index in [1.165, 1.54) is 13.5 Å². The van der Waals surface area contributed by atoms with Gasteiger partial charge in [-0.2, -0.15) is 0 Å². The maximum Gasteiger partial charge on any atom is 0.467 e. The average Bonchev–Trinajstić information content (AvgIpc) is 3.68. The first-order valence-electron chi connectivity index (χ1n) is 17.5. The molecule has 262 valence electrons. The monoisotopic (exact) mass is 689 g/mol. The number of esters is 1. The van der Waals surface area contributed by atoms with Crippen LogP contribution >= 0.6 is 7.95 Å². The number of aryl methyl sites for hydroxylation is 1. The van der Waals surface area contributed by atoms with Gasteiger partial charge in [0.2, 0.25) is 11.6 Å². The minimum absolute atomic E-state index is 0.175. The number of hydrogen-bond acceptors (Lipinski definition) is 7. The Kier molecular flexibility index (Phi) is 14.5. The first-order valence-corrected chi connectivity index (χ1v) is 18.7. The molecule has 11 nitrogen and oxygen atoms in total. The number of rotatable bonds is 20. The van der Waals surface area contributed by atoms with Crippen molar-refractivity contribution in [3.05, 3.63) is 71.2 Å². The van der Waals surface area contributed by atoms with E-state index in [1.807, 2.05) is 31.2 Å². The highest BCUT2D eigenvalue weighted by Crippen LogP contribution is 2.39. The number of hydrogen-bond donors (Lipinski definition) is 3. The second-order valence-electron chi connectivity index (χ2n) is 12.0. The van der Waals surface area contributed by atoms with Crippen LogP contribution in [0.3, 0.4) is 0 Å². The number of carbonyl (C=O) groups excluding carboxylic acids is 2. The second-order valence-corrected chi connectivity index (χ2v) is 13.4. The molecule has 0 saturated carbocycles. The average molecular weight is 690 g/mol. The lowest BCUT2D eigenvalue weighted by molar-refractivity contribution is -0.116. The van der Waals surface area contributed by atoms with Crippen LogP contribution in [0.4, 0.5) is 5.69 Å². The van der Waals surface area contributed by atoms with Gasteiger partial charge < -0.3 is 14.8 Å². The van der Waals surface area contributed by atoms with E-state index in [2.05, 4.69) is 47.4 Å². The van der Waals surface area contributed by atoms with Gasteiger partial charge in [0.15, 0.2) is 16.9 Å². The van der Waals surface area contributed by atoms with E-state index in [0.717, 1.165) is 61.5 Å². The minimum Gasteiger partial charge on any atom is -0.465 e. The standard InChI is InChI=1S/C37H49N6O5P/c1-6-10-12-13-18-32(26(8-3)15-11-7-2)49(46)38-24-23-33(44)39-29-17-14-16-28(25-29)35-40-36-34(31(9-4)41-43(36)42-35)48-30-21-19-27(20-22-30)37(45)47-5/h14,16-22,25-26H,6-13,15,23-24H2,1-5H3,(H2-,38,39,40,41,42,44,46)/p+1. The van der Waals surface area contributed by atoms with Crippen molar-refractivity contribution < 1.29 is 23.6 Å². The van der Waals surface area contributed by atoms with E-state index in [9.17, 15) is 14.2 Å². The van der Waals surface area contributed by atoms with Crippen molar-refractivity contribution in [1.29, 1.82) is 0 Å². The SMILES string of the molecule is CCCCCC=C(C(CC)CCCC)[P+](=O)NCCC(=O)Nc1cccc(-c2nc3c(Oc4ccc(C(=O)OC)cc4)c(CC)[nH]n3n2)c1. The Morgan fingerprint density at radius 3 is 2.51 bits per heavy atom. The fourth-order valence-corrected chi connectivity index (χ4v) is 7.04. The number of unbranched alkanes of at least 4 members (excludes halogenated alkanes) is 4. The van der Waals surface area contributed by atoms with Gasteiger partial charge in [0, 0.05) is 30.1 Å². The van der Waals surface area contributed by atoms with E-state index in [0.29, 0.717) is 53.1 Å². The molecule has 2 heterocycles. The van der Waals surface area contributed by atoms with Crippen molar-refractivity contribution in [2.45, 2.75) is 91.9 Å². The number of benzene rings is 2. The number of carbonyl (C=O) groups is 2. The van der Waals surface area contributed by atoms with Crippen LogP contribution in [-0.4, -0.2) is 45.3 Å². The highest BCUT2D eigenvalue weighted by molar-refractivity contribution is 7.47. The van der Waals surface area contributed by atoms with E-state index in [-0.39, 0.29) is 12.3 Å². The number of nitrogens with zero attached hydrogens (tertiary/aromatic N) is 3. The molecule has 12 heteroatoms. The first-order chi connectivity index (χ1) is 23.8. The van der Waals surface area contributed by atoms with Gasteiger partial charge in [-0.3, -0.25) is 9.89 Å².